The second-order valence-electron chi connectivity index (χ2n) is 7.93. The standard InChI is InChI=1S/C23H30N6O2/c1-3-31-19-5-6-21-20(15-19)17(2)26-23(27-21)29-12-7-18(8-13-29)22(30)25-9-4-11-28-14-10-24-16-28/h5-6,10,14-16,18H,3-4,7-9,11-13H2,1-2H3,(H,25,30). The first kappa shape index (κ1) is 21.1. The first-order chi connectivity index (χ1) is 15.1. The number of carbonyl (C=O) groups excluding carboxylic acids is 1. The Bertz CT molecular complexity index is 1010. The van der Waals surface area contributed by atoms with Gasteiger partial charge < -0.3 is 19.5 Å². The molecule has 0 unspecified atom stereocenters. The maximum absolute atomic E-state index is 12.5. The van der Waals surface area contributed by atoms with E-state index >= 15 is 0 Å². The smallest absolute Gasteiger partial charge is 0.226 e. The van der Waals surface area contributed by atoms with E-state index in [2.05, 4.69) is 15.2 Å². The molecule has 0 bridgehead atoms. The lowest BCUT2D eigenvalue weighted by Crippen LogP contribution is -2.41. The quantitative estimate of drug-likeness (QED) is 0.562. The number of ether oxygens (including phenoxy) is 1. The van der Waals surface area contributed by atoms with Gasteiger partial charge in [-0.15, -0.1) is 0 Å². The van der Waals surface area contributed by atoms with Gasteiger partial charge in [0.25, 0.3) is 0 Å². The zero-order valence-corrected chi connectivity index (χ0v) is 18.3. The first-order valence-electron chi connectivity index (χ1n) is 11.0. The zero-order valence-electron chi connectivity index (χ0n) is 18.3. The Hall–Kier alpha value is -3.16. The first-order valence-corrected chi connectivity index (χ1v) is 11.0. The summed E-state index contributed by atoms with van der Waals surface area (Å²) in [5.74, 6) is 1.80. The van der Waals surface area contributed by atoms with E-state index < -0.39 is 0 Å². The molecule has 1 saturated heterocycles. The number of imidazole rings is 1. The van der Waals surface area contributed by atoms with E-state index in [9.17, 15) is 4.79 Å². The van der Waals surface area contributed by atoms with Crippen LogP contribution < -0.4 is 15.0 Å². The number of rotatable bonds is 8. The number of aromatic nitrogens is 4. The van der Waals surface area contributed by atoms with Gasteiger partial charge in [-0.05, 0) is 51.3 Å². The second kappa shape index (κ2) is 9.76. The molecule has 2 aromatic heterocycles. The van der Waals surface area contributed by atoms with Gasteiger partial charge in [-0.3, -0.25) is 4.79 Å². The van der Waals surface area contributed by atoms with Crippen molar-refractivity contribution in [3.05, 3.63) is 42.6 Å². The van der Waals surface area contributed by atoms with E-state index in [1.54, 1.807) is 12.5 Å². The minimum atomic E-state index is 0.0554. The summed E-state index contributed by atoms with van der Waals surface area (Å²) in [5, 5.41) is 4.10. The minimum absolute atomic E-state index is 0.0554. The molecule has 3 aromatic rings. The fourth-order valence-electron chi connectivity index (χ4n) is 4.02. The van der Waals surface area contributed by atoms with E-state index in [1.165, 1.54) is 0 Å². The molecule has 0 aliphatic carbocycles. The van der Waals surface area contributed by atoms with Gasteiger partial charge in [-0.1, -0.05) is 0 Å². The van der Waals surface area contributed by atoms with Crippen LogP contribution in [0.15, 0.2) is 36.9 Å². The van der Waals surface area contributed by atoms with Crippen LogP contribution in [0.5, 0.6) is 5.75 Å². The predicted molar refractivity (Wildman–Crippen MR) is 120 cm³/mol. The van der Waals surface area contributed by atoms with Crippen molar-refractivity contribution < 1.29 is 9.53 Å². The molecule has 1 aromatic carbocycles. The topological polar surface area (TPSA) is 85.2 Å². The maximum Gasteiger partial charge on any atom is 0.226 e. The average Bonchev–Trinajstić information content (AvgIpc) is 3.31. The molecule has 3 heterocycles. The van der Waals surface area contributed by atoms with Crippen LogP contribution in [0.2, 0.25) is 0 Å². The van der Waals surface area contributed by atoms with Crippen LogP contribution in [0, 0.1) is 12.8 Å². The molecule has 0 spiro atoms. The molecule has 0 saturated carbocycles. The van der Waals surface area contributed by atoms with Gasteiger partial charge in [0.05, 0.1) is 24.1 Å². The van der Waals surface area contributed by atoms with Crippen molar-refractivity contribution in [2.45, 2.75) is 39.7 Å². The van der Waals surface area contributed by atoms with Crippen molar-refractivity contribution in [2.75, 3.05) is 31.1 Å². The number of anilines is 1. The van der Waals surface area contributed by atoms with Crippen molar-refractivity contribution in [2.24, 2.45) is 5.92 Å². The molecule has 1 aliphatic heterocycles. The Balaban J connectivity index is 1.30. The number of nitrogens with one attached hydrogen (secondary N) is 1. The number of carbonyl (C=O) groups is 1. The molecule has 4 rings (SSSR count). The summed E-state index contributed by atoms with van der Waals surface area (Å²) >= 11 is 0. The third kappa shape index (κ3) is 5.13. The lowest BCUT2D eigenvalue weighted by Gasteiger charge is -2.31. The molecule has 164 valence electrons. The van der Waals surface area contributed by atoms with E-state index in [1.807, 2.05) is 42.8 Å². The number of nitrogens with zero attached hydrogens (tertiary/aromatic N) is 5. The SMILES string of the molecule is CCOc1ccc2nc(N3CCC(C(=O)NCCCn4ccnc4)CC3)nc(C)c2c1. The van der Waals surface area contributed by atoms with Gasteiger partial charge in [-0.25, -0.2) is 15.0 Å². The predicted octanol–water partition coefficient (Wildman–Crippen LogP) is 2.96. The number of hydrogen-bond donors (Lipinski definition) is 1. The van der Waals surface area contributed by atoms with Gasteiger partial charge in [0, 0.05) is 49.9 Å². The second-order valence-corrected chi connectivity index (χ2v) is 7.93. The molecule has 8 nitrogen and oxygen atoms in total. The summed E-state index contributed by atoms with van der Waals surface area (Å²) in [6.45, 7) is 7.74. The summed E-state index contributed by atoms with van der Waals surface area (Å²) in [7, 11) is 0. The van der Waals surface area contributed by atoms with Gasteiger partial charge in [-0.2, -0.15) is 0 Å². The highest BCUT2D eigenvalue weighted by molar-refractivity contribution is 5.83. The highest BCUT2D eigenvalue weighted by Gasteiger charge is 2.26. The Morgan fingerprint density at radius 2 is 2.10 bits per heavy atom. The molecule has 1 fully saturated rings. The number of piperidine rings is 1. The highest BCUT2D eigenvalue weighted by Crippen LogP contribution is 2.26. The van der Waals surface area contributed by atoms with E-state index in [-0.39, 0.29) is 11.8 Å². The monoisotopic (exact) mass is 422 g/mol. The van der Waals surface area contributed by atoms with Gasteiger partial charge in [0.15, 0.2) is 0 Å². The fraction of sp³-hybridized carbons (Fsp3) is 0.478. The van der Waals surface area contributed by atoms with Gasteiger partial charge in [0.1, 0.15) is 5.75 Å². The van der Waals surface area contributed by atoms with Crippen LogP contribution in [0.25, 0.3) is 10.9 Å². The van der Waals surface area contributed by atoms with Crippen molar-refractivity contribution in [3.63, 3.8) is 0 Å². The molecule has 1 N–H and O–H groups in total. The van der Waals surface area contributed by atoms with Crippen LogP contribution in [-0.2, 0) is 11.3 Å². The van der Waals surface area contributed by atoms with Gasteiger partial charge >= 0.3 is 0 Å². The third-order valence-electron chi connectivity index (χ3n) is 5.76. The Morgan fingerprint density at radius 3 is 2.84 bits per heavy atom. The molecule has 31 heavy (non-hydrogen) atoms. The summed E-state index contributed by atoms with van der Waals surface area (Å²) < 4.78 is 7.62. The average molecular weight is 423 g/mol. The lowest BCUT2D eigenvalue weighted by molar-refractivity contribution is -0.125. The van der Waals surface area contributed by atoms with Crippen molar-refractivity contribution >= 4 is 22.8 Å². The van der Waals surface area contributed by atoms with Crippen LogP contribution in [-0.4, -0.2) is 51.7 Å². The van der Waals surface area contributed by atoms with Gasteiger partial charge in [0.2, 0.25) is 11.9 Å². The summed E-state index contributed by atoms with van der Waals surface area (Å²) in [6.07, 6.45) is 8.04. The van der Waals surface area contributed by atoms with Crippen LogP contribution >= 0.6 is 0 Å². The number of benzene rings is 1. The summed E-state index contributed by atoms with van der Waals surface area (Å²) in [5.41, 5.74) is 1.86. The summed E-state index contributed by atoms with van der Waals surface area (Å²) in [4.78, 5) is 28.2. The van der Waals surface area contributed by atoms with E-state index in [0.717, 1.165) is 67.2 Å². The lowest BCUT2D eigenvalue weighted by atomic mass is 9.96. The molecule has 0 atom stereocenters. The number of fused-ring (bicyclic) bond motifs is 1. The van der Waals surface area contributed by atoms with Crippen molar-refractivity contribution in [3.8, 4) is 5.75 Å². The molecule has 1 aliphatic rings. The normalized spacial score (nSPS) is 14.7. The Labute approximate surface area is 182 Å². The fourth-order valence-corrected chi connectivity index (χ4v) is 4.02. The highest BCUT2D eigenvalue weighted by atomic mass is 16.5. The number of amides is 1. The van der Waals surface area contributed by atoms with Crippen LogP contribution in [0.4, 0.5) is 5.95 Å². The molecule has 8 heteroatoms. The Morgan fingerprint density at radius 1 is 1.26 bits per heavy atom. The van der Waals surface area contributed by atoms with Crippen LogP contribution in [0.1, 0.15) is 31.9 Å². The zero-order chi connectivity index (χ0) is 21.6. The number of aryl methyl sites for hydroxylation is 2. The maximum atomic E-state index is 12.5. The molecular weight excluding hydrogens is 392 g/mol. The molecule has 1 amide bonds. The third-order valence-corrected chi connectivity index (χ3v) is 5.76. The van der Waals surface area contributed by atoms with Crippen molar-refractivity contribution in [1.29, 1.82) is 0 Å². The van der Waals surface area contributed by atoms with Crippen LogP contribution in [0.3, 0.4) is 0 Å². The van der Waals surface area contributed by atoms with E-state index in [0.29, 0.717) is 13.2 Å². The molecular formula is C23H30N6O2. The number of hydrogen-bond acceptors (Lipinski definition) is 6. The largest absolute Gasteiger partial charge is 0.494 e. The molecule has 0 radical (unpaired) electrons. The Kier molecular flexibility index (Phi) is 6.64. The van der Waals surface area contributed by atoms with Crippen molar-refractivity contribution in [1.82, 2.24) is 24.8 Å². The van der Waals surface area contributed by atoms with E-state index in [4.69, 9.17) is 14.7 Å². The minimum Gasteiger partial charge on any atom is -0.494 e. The summed E-state index contributed by atoms with van der Waals surface area (Å²) in [6, 6.07) is 5.94.